The number of nitrogens with zero attached hydrogens (tertiary/aromatic N) is 4. The van der Waals surface area contributed by atoms with Crippen molar-refractivity contribution < 1.29 is 9.47 Å². The molecule has 0 bridgehead atoms. The lowest BCUT2D eigenvalue weighted by atomic mass is 10.2. The third kappa shape index (κ3) is 4.16. The van der Waals surface area contributed by atoms with Crippen LogP contribution in [-0.4, -0.2) is 62.3 Å². The molecule has 0 unspecified atom stereocenters. The van der Waals surface area contributed by atoms with Crippen molar-refractivity contribution in [1.82, 2.24) is 14.9 Å². The lowest BCUT2D eigenvalue weighted by molar-refractivity contribution is 0.313. The van der Waals surface area contributed by atoms with Gasteiger partial charge in [0.1, 0.15) is 5.82 Å². The van der Waals surface area contributed by atoms with E-state index in [9.17, 15) is 0 Å². The monoisotopic (exact) mass is 413 g/mol. The molecule has 0 radical (unpaired) electrons. The Kier molecular flexibility index (Phi) is 5.60. The van der Waals surface area contributed by atoms with E-state index in [1.165, 1.54) is 5.69 Å². The minimum absolute atomic E-state index is 0.168. The van der Waals surface area contributed by atoms with Gasteiger partial charge in [0, 0.05) is 49.0 Å². The van der Waals surface area contributed by atoms with Gasteiger partial charge in [-0.05, 0) is 49.0 Å². The molecule has 3 aromatic rings. The summed E-state index contributed by atoms with van der Waals surface area (Å²) in [7, 11) is 5.35. The Hall–Kier alpha value is -2.77. The number of hydrogen-bond acceptors (Lipinski definition) is 7. The number of aromatic nitrogens is 2. The number of methoxy groups -OCH3 is 2. The van der Waals surface area contributed by atoms with Gasteiger partial charge in [0.15, 0.2) is 11.5 Å². The Balaban J connectivity index is 1.61. The van der Waals surface area contributed by atoms with E-state index in [0.717, 1.165) is 37.3 Å². The summed E-state index contributed by atoms with van der Waals surface area (Å²) in [6, 6.07) is 12.0. The Bertz CT molecular complexity index is 1000. The number of fused-ring (bicyclic) bond motifs is 1. The number of piperazine rings is 1. The molecule has 7 nitrogen and oxygen atoms in total. The molecule has 0 spiro atoms. The molecule has 4 rings (SSSR count). The van der Waals surface area contributed by atoms with Gasteiger partial charge < -0.3 is 24.6 Å². The molecule has 2 aromatic carbocycles. The molecule has 2 heterocycles. The highest BCUT2D eigenvalue weighted by Gasteiger charge is 2.15. The van der Waals surface area contributed by atoms with Crippen molar-refractivity contribution in [2.75, 3.05) is 57.7 Å². The number of nitrogens with one attached hydrogen (secondary N) is 1. The van der Waals surface area contributed by atoms with Gasteiger partial charge >= 0.3 is 0 Å². The van der Waals surface area contributed by atoms with Gasteiger partial charge in [-0.25, -0.2) is 4.98 Å². The average Bonchev–Trinajstić information content (AvgIpc) is 2.74. The van der Waals surface area contributed by atoms with E-state index in [1.807, 2.05) is 6.07 Å². The Labute approximate surface area is 175 Å². The second kappa shape index (κ2) is 8.31. The number of halogens is 1. The van der Waals surface area contributed by atoms with E-state index < -0.39 is 0 Å². The molecular formula is C21H24ClN5O2. The van der Waals surface area contributed by atoms with Gasteiger partial charge in [-0.1, -0.05) is 0 Å². The van der Waals surface area contributed by atoms with Crippen LogP contribution in [0.15, 0.2) is 36.4 Å². The van der Waals surface area contributed by atoms with Crippen molar-refractivity contribution in [2.45, 2.75) is 0 Å². The maximum atomic E-state index is 6.15. The topological polar surface area (TPSA) is 62.8 Å². The highest BCUT2D eigenvalue weighted by atomic mass is 35.5. The van der Waals surface area contributed by atoms with Crippen molar-refractivity contribution in [1.29, 1.82) is 0 Å². The zero-order valence-corrected chi connectivity index (χ0v) is 17.5. The third-order valence-corrected chi connectivity index (χ3v) is 5.34. The third-order valence-electron chi connectivity index (χ3n) is 5.17. The van der Waals surface area contributed by atoms with Crippen LogP contribution in [0.5, 0.6) is 11.5 Å². The molecule has 1 aliphatic rings. The second-order valence-corrected chi connectivity index (χ2v) is 7.37. The van der Waals surface area contributed by atoms with Gasteiger partial charge in [0.05, 0.1) is 19.7 Å². The molecule has 0 amide bonds. The van der Waals surface area contributed by atoms with Gasteiger partial charge in [-0.3, -0.25) is 0 Å². The van der Waals surface area contributed by atoms with E-state index in [1.54, 1.807) is 20.3 Å². The number of rotatable bonds is 5. The molecule has 0 aliphatic carbocycles. The Morgan fingerprint density at radius 1 is 0.931 bits per heavy atom. The molecule has 1 N–H and O–H groups in total. The summed E-state index contributed by atoms with van der Waals surface area (Å²) in [6.45, 7) is 4.24. The fourth-order valence-electron chi connectivity index (χ4n) is 3.48. The van der Waals surface area contributed by atoms with Crippen LogP contribution < -0.4 is 19.7 Å². The molecule has 1 aliphatic heterocycles. The quantitative estimate of drug-likeness (QED) is 0.638. The van der Waals surface area contributed by atoms with E-state index in [2.05, 4.69) is 56.4 Å². The summed E-state index contributed by atoms with van der Waals surface area (Å²) >= 11 is 6.15. The second-order valence-electron chi connectivity index (χ2n) is 7.03. The number of likely N-dealkylation sites (N-methyl/N-ethyl adjacent to an activating group) is 1. The van der Waals surface area contributed by atoms with E-state index in [0.29, 0.717) is 22.8 Å². The minimum atomic E-state index is 0.168. The van der Waals surface area contributed by atoms with Gasteiger partial charge in [-0.15, -0.1) is 0 Å². The standard InChI is InChI=1S/C21H24ClN5O2/c1-26-8-10-27(11-9-26)15-6-4-14(5-7-15)23-20-16-12-18(28-2)19(29-3)13-17(16)24-21(22)25-20/h4-7,12-13H,8-11H2,1-3H3,(H,23,24,25). The van der Waals surface area contributed by atoms with Crippen molar-refractivity contribution in [2.24, 2.45) is 0 Å². The first kappa shape index (κ1) is 19.5. The smallest absolute Gasteiger partial charge is 0.224 e. The van der Waals surface area contributed by atoms with E-state index in [-0.39, 0.29) is 5.28 Å². The average molecular weight is 414 g/mol. The molecule has 1 aromatic heterocycles. The highest BCUT2D eigenvalue weighted by Crippen LogP contribution is 2.35. The fraction of sp³-hybridized carbons (Fsp3) is 0.333. The van der Waals surface area contributed by atoms with Crippen LogP contribution in [0.1, 0.15) is 0 Å². The first-order valence-corrected chi connectivity index (χ1v) is 9.85. The van der Waals surface area contributed by atoms with Gasteiger partial charge in [0.2, 0.25) is 5.28 Å². The summed E-state index contributed by atoms with van der Waals surface area (Å²) < 4.78 is 10.8. The summed E-state index contributed by atoms with van der Waals surface area (Å²) in [5.41, 5.74) is 2.83. The maximum absolute atomic E-state index is 6.15. The van der Waals surface area contributed by atoms with E-state index >= 15 is 0 Å². The van der Waals surface area contributed by atoms with Crippen LogP contribution in [0.2, 0.25) is 5.28 Å². The molecule has 152 valence electrons. The lowest BCUT2D eigenvalue weighted by Gasteiger charge is -2.34. The van der Waals surface area contributed by atoms with Crippen LogP contribution >= 0.6 is 11.6 Å². The minimum Gasteiger partial charge on any atom is -0.493 e. The molecule has 29 heavy (non-hydrogen) atoms. The predicted molar refractivity (Wildman–Crippen MR) is 117 cm³/mol. The van der Waals surface area contributed by atoms with Crippen LogP contribution in [0.4, 0.5) is 17.2 Å². The molecular weight excluding hydrogens is 390 g/mol. The molecule has 0 saturated carbocycles. The molecule has 8 heteroatoms. The van der Waals surface area contributed by atoms with Crippen LogP contribution in [-0.2, 0) is 0 Å². The zero-order valence-electron chi connectivity index (χ0n) is 16.8. The Morgan fingerprint density at radius 2 is 1.59 bits per heavy atom. The molecule has 0 atom stereocenters. The first-order valence-electron chi connectivity index (χ1n) is 9.47. The van der Waals surface area contributed by atoms with Gasteiger partial charge in [-0.2, -0.15) is 4.98 Å². The summed E-state index contributed by atoms with van der Waals surface area (Å²) in [4.78, 5) is 13.4. The van der Waals surface area contributed by atoms with Crippen molar-refractivity contribution >= 4 is 39.7 Å². The van der Waals surface area contributed by atoms with Crippen LogP contribution in [0, 0.1) is 0 Å². The number of hydrogen-bond donors (Lipinski definition) is 1. The van der Waals surface area contributed by atoms with Crippen LogP contribution in [0.3, 0.4) is 0 Å². The van der Waals surface area contributed by atoms with Crippen molar-refractivity contribution in [3.8, 4) is 11.5 Å². The number of benzene rings is 2. The highest BCUT2D eigenvalue weighted by molar-refractivity contribution is 6.28. The first-order chi connectivity index (χ1) is 14.1. The largest absolute Gasteiger partial charge is 0.493 e. The van der Waals surface area contributed by atoms with Crippen molar-refractivity contribution in [3.63, 3.8) is 0 Å². The number of anilines is 3. The number of ether oxygens (including phenoxy) is 2. The predicted octanol–water partition coefficient (Wildman–Crippen LogP) is 3.80. The Morgan fingerprint density at radius 3 is 2.24 bits per heavy atom. The summed E-state index contributed by atoms with van der Waals surface area (Å²) in [5, 5.41) is 4.32. The summed E-state index contributed by atoms with van der Waals surface area (Å²) in [5.74, 6) is 1.82. The lowest BCUT2D eigenvalue weighted by Crippen LogP contribution is -2.44. The SMILES string of the molecule is COc1cc2nc(Cl)nc(Nc3ccc(N4CCN(C)CC4)cc3)c2cc1OC. The molecule has 1 fully saturated rings. The van der Waals surface area contributed by atoms with E-state index in [4.69, 9.17) is 21.1 Å². The van der Waals surface area contributed by atoms with Gasteiger partial charge in [0.25, 0.3) is 0 Å². The van der Waals surface area contributed by atoms with Crippen molar-refractivity contribution in [3.05, 3.63) is 41.7 Å². The maximum Gasteiger partial charge on any atom is 0.224 e. The summed E-state index contributed by atoms with van der Waals surface area (Å²) in [6.07, 6.45) is 0. The van der Waals surface area contributed by atoms with Crippen LogP contribution in [0.25, 0.3) is 10.9 Å². The normalized spacial score (nSPS) is 14.8. The fourth-order valence-corrected chi connectivity index (χ4v) is 3.66. The zero-order chi connectivity index (χ0) is 20.4. The molecule has 1 saturated heterocycles.